The molecule has 1 atom stereocenters. The molecule has 1 saturated heterocycles. The van der Waals surface area contributed by atoms with E-state index in [0.717, 1.165) is 16.7 Å². The van der Waals surface area contributed by atoms with Crippen LogP contribution in [0.1, 0.15) is 18.4 Å². The summed E-state index contributed by atoms with van der Waals surface area (Å²) in [6, 6.07) is 17.7. The second-order valence-corrected chi connectivity index (χ2v) is 5.83. The van der Waals surface area contributed by atoms with Gasteiger partial charge in [0.1, 0.15) is 0 Å². The number of amides is 1. The lowest BCUT2D eigenvalue weighted by Gasteiger charge is -2.22. The van der Waals surface area contributed by atoms with Crippen molar-refractivity contribution in [3.8, 4) is 11.1 Å². The number of carboxylic acid groups (broad SMARTS) is 1. The van der Waals surface area contributed by atoms with E-state index in [0.29, 0.717) is 13.0 Å². The first-order chi connectivity index (χ1) is 11.6. The normalized spacial score (nSPS) is 19.8. The van der Waals surface area contributed by atoms with E-state index in [9.17, 15) is 14.7 Å². The number of hydrogen-bond donors (Lipinski definition) is 2. The highest BCUT2D eigenvalue weighted by atomic mass is 16.5. The minimum absolute atomic E-state index is 0.207. The van der Waals surface area contributed by atoms with Gasteiger partial charge in [0.05, 0.1) is 0 Å². The Morgan fingerprint density at radius 3 is 2.50 bits per heavy atom. The Bertz CT molecular complexity index is 736. The molecule has 5 heteroatoms. The third kappa shape index (κ3) is 3.16. The number of carboxylic acids is 1. The Labute approximate surface area is 140 Å². The quantitative estimate of drug-likeness (QED) is 0.829. The van der Waals surface area contributed by atoms with Crippen molar-refractivity contribution in [2.45, 2.75) is 25.0 Å². The summed E-state index contributed by atoms with van der Waals surface area (Å²) in [5.41, 5.74) is 1.30. The summed E-state index contributed by atoms with van der Waals surface area (Å²) in [5.74, 6) is -1.81. The SMILES string of the molecule is O=C(O)C1(C(=O)NCc2cccc(-c3ccccc3)c2)CCCO1. The molecule has 3 rings (SSSR count). The zero-order chi connectivity index (χ0) is 17.0. The molecule has 0 aromatic heterocycles. The van der Waals surface area contributed by atoms with Gasteiger partial charge in [0, 0.05) is 13.2 Å². The molecular formula is C19H19NO4. The molecule has 0 radical (unpaired) electrons. The first-order valence-corrected chi connectivity index (χ1v) is 7.92. The first kappa shape index (κ1) is 16.2. The van der Waals surface area contributed by atoms with Gasteiger partial charge < -0.3 is 15.2 Å². The lowest BCUT2D eigenvalue weighted by molar-refractivity contribution is -0.167. The molecule has 2 N–H and O–H groups in total. The highest BCUT2D eigenvalue weighted by molar-refractivity contribution is 6.05. The maximum atomic E-state index is 12.3. The summed E-state index contributed by atoms with van der Waals surface area (Å²) < 4.78 is 5.23. The molecule has 1 fully saturated rings. The summed E-state index contributed by atoms with van der Waals surface area (Å²) >= 11 is 0. The molecule has 0 aliphatic carbocycles. The maximum absolute atomic E-state index is 12.3. The Kier molecular flexibility index (Phi) is 4.62. The predicted octanol–water partition coefficient (Wildman–Crippen LogP) is 2.60. The van der Waals surface area contributed by atoms with Crippen molar-refractivity contribution in [3.05, 3.63) is 60.2 Å². The van der Waals surface area contributed by atoms with Gasteiger partial charge in [0.25, 0.3) is 5.91 Å². The van der Waals surface area contributed by atoms with Crippen molar-refractivity contribution < 1.29 is 19.4 Å². The number of ether oxygens (including phenoxy) is 1. The van der Waals surface area contributed by atoms with Crippen molar-refractivity contribution in [2.24, 2.45) is 0 Å². The summed E-state index contributed by atoms with van der Waals surface area (Å²) in [7, 11) is 0. The van der Waals surface area contributed by atoms with Crippen molar-refractivity contribution in [1.29, 1.82) is 0 Å². The first-order valence-electron chi connectivity index (χ1n) is 7.92. The van der Waals surface area contributed by atoms with Crippen LogP contribution in [0.2, 0.25) is 0 Å². The lowest BCUT2D eigenvalue weighted by Crippen LogP contribution is -2.52. The zero-order valence-electron chi connectivity index (χ0n) is 13.2. The third-order valence-corrected chi connectivity index (χ3v) is 4.22. The van der Waals surface area contributed by atoms with Crippen molar-refractivity contribution >= 4 is 11.9 Å². The summed E-state index contributed by atoms with van der Waals surface area (Å²) in [6.07, 6.45) is 0.779. The van der Waals surface area contributed by atoms with Gasteiger partial charge in [-0.3, -0.25) is 4.79 Å². The fourth-order valence-corrected chi connectivity index (χ4v) is 2.90. The highest BCUT2D eigenvalue weighted by Crippen LogP contribution is 2.26. The number of nitrogens with one attached hydrogen (secondary N) is 1. The molecular weight excluding hydrogens is 306 g/mol. The van der Waals surface area contributed by atoms with E-state index in [-0.39, 0.29) is 13.0 Å². The Morgan fingerprint density at radius 2 is 1.83 bits per heavy atom. The molecule has 0 bridgehead atoms. The molecule has 124 valence electrons. The van der Waals surface area contributed by atoms with Crippen LogP contribution < -0.4 is 5.32 Å². The van der Waals surface area contributed by atoms with Gasteiger partial charge >= 0.3 is 5.97 Å². The number of carbonyl (C=O) groups is 2. The standard InChI is InChI=1S/C19H19NO4/c21-17(19(18(22)23)10-5-11-24-19)20-13-14-6-4-9-16(12-14)15-7-2-1-3-8-15/h1-4,6-9,12H,5,10-11,13H2,(H,20,21)(H,22,23). The van der Waals surface area contributed by atoms with Crippen LogP contribution in [0.15, 0.2) is 54.6 Å². The molecule has 0 saturated carbocycles. The largest absolute Gasteiger partial charge is 0.479 e. The predicted molar refractivity (Wildman–Crippen MR) is 89.3 cm³/mol. The second-order valence-electron chi connectivity index (χ2n) is 5.83. The van der Waals surface area contributed by atoms with Crippen LogP contribution in [-0.4, -0.2) is 29.2 Å². The van der Waals surface area contributed by atoms with Gasteiger partial charge in [-0.25, -0.2) is 4.79 Å². The average Bonchev–Trinajstić information content (AvgIpc) is 3.12. The van der Waals surface area contributed by atoms with E-state index in [1.165, 1.54) is 0 Å². The van der Waals surface area contributed by atoms with E-state index < -0.39 is 17.5 Å². The fraction of sp³-hybridized carbons (Fsp3) is 0.263. The van der Waals surface area contributed by atoms with Gasteiger partial charge in [-0.1, -0.05) is 48.5 Å². The molecule has 2 aromatic rings. The topological polar surface area (TPSA) is 75.6 Å². The highest BCUT2D eigenvalue weighted by Gasteiger charge is 2.50. The zero-order valence-corrected chi connectivity index (χ0v) is 13.2. The molecule has 1 unspecified atom stereocenters. The molecule has 1 aliphatic heterocycles. The minimum Gasteiger partial charge on any atom is -0.479 e. The molecule has 24 heavy (non-hydrogen) atoms. The van der Waals surface area contributed by atoms with Crippen LogP contribution in [0.3, 0.4) is 0 Å². The smallest absolute Gasteiger partial charge is 0.345 e. The van der Waals surface area contributed by atoms with E-state index in [1.807, 2.05) is 54.6 Å². The van der Waals surface area contributed by atoms with Gasteiger partial charge in [-0.2, -0.15) is 0 Å². The molecule has 2 aromatic carbocycles. The van der Waals surface area contributed by atoms with E-state index in [2.05, 4.69) is 5.32 Å². The summed E-state index contributed by atoms with van der Waals surface area (Å²) in [5, 5.41) is 12.0. The van der Waals surface area contributed by atoms with Gasteiger partial charge in [-0.15, -0.1) is 0 Å². The number of aliphatic carboxylic acids is 1. The van der Waals surface area contributed by atoms with Crippen molar-refractivity contribution in [2.75, 3.05) is 6.61 Å². The molecule has 1 aliphatic rings. The van der Waals surface area contributed by atoms with E-state index in [1.54, 1.807) is 0 Å². The Balaban J connectivity index is 1.71. The fourth-order valence-electron chi connectivity index (χ4n) is 2.90. The minimum atomic E-state index is -1.74. The second kappa shape index (κ2) is 6.84. The van der Waals surface area contributed by atoms with E-state index >= 15 is 0 Å². The van der Waals surface area contributed by atoms with Gasteiger partial charge in [0.2, 0.25) is 5.60 Å². The van der Waals surface area contributed by atoms with Crippen LogP contribution in [-0.2, 0) is 20.9 Å². The molecule has 1 heterocycles. The van der Waals surface area contributed by atoms with Crippen LogP contribution in [0.25, 0.3) is 11.1 Å². The van der Waals surface area contributed by atoms with Crippen LogP contribution in [0.5, 0.6) is 0 Å². The average molecular weight is 325 g/mol. The van der Waals surface area contributed by atoms with Crippen molar-refractivity contribution in [1.82, 2.24) is 5.32 Å². The monoisotopic (exact) mass is 325 g/mol. The van der Waals surface area contributed by atoms with Gasteiger partial charge in [-0.05, 0) is 35.6 Å². The lowest BCUT2D eigenvalue weighted by atomic mass is 9.99. The van der Waals surface area contributed by atoms with Crippen molar-refractivity contribution in [3.63, 3.8) is 0 Å². The Hall–Kier alpha value is -2.66. The molecule has 0 spiro atoms. The molecule has 1 amide bonds. The number of hydrogen-bond acceptors (Lipinski definition) is 3. The maximum Gasteiger partial charge on any atom is 0.345 e. The van der Waals surface area contributed by atoms with Crippen LogP contribution >= 0.6 is 0 Å². The third-order valence-electron chi connectivity index (χ3n) is 4.22. The molecule has 5 nitrogen and oxygen atoms in total. The van der Waals surface area contributed by atoms with Crippen LogP contribution in [0.4, 0.5) is 0 Å². The number of carbonyl (C=O) groups excluding carboxylic acids is 1. The van der Waals surface area contributed by atoms with Gasteiger partial charge in [0.15, 0.2) is 0 Å². The van der Waals surface area contributed by atoms with E-state index in [4.69, 9.17) is 4.74 Å². The Morgan fingerprint density at radius 1 is 1.08 bits per heavy atom. The van der Waals surface area contributed by atoms with Crippen LogP contribution in [0, 0.1) is 0 Å². The number of rotatable bonds is 5. The number of benzene rings is 2. The summed E-state index contributed by atoms with van der Waals surface area (Å²) in [6.45, 7) is 0.557. The summed E-state index contributed by atoms with van der Waals surface area (Å²) in [4.78, 5) is 23.7.